The SMILES string of the molecule is C=C(C)C(=O)OCC(C(CC)(CC)OC(C)C(C)(O)C(F)(F)F)C(CC)(CC)OC(C)C(O)(C(F)(F)F)C(F)(F)F. The van der Waals surface area contributed by atoms with Crippen LogP contribution in [0.4, 0.5) is 39.5 Å². The van der Waals surface area contributed by atoms with Crippen LogP contribution < -0.4 is 0 Å². The fraction of sp³-hybridized carbons (Fsp3) is 0.885. The lowest BCUT2D eigenvalue weighted by molar-refractivity contribution is -0.403. The summed E-state index contributed by atoms with van der Waals surface area (Å²) in [6.07, 6.45) is -23.7. The van der Waals surface area contributed by atoms with Crippen molar-refractivity contribution in [2.45, 2.75) is 134 Å². The predicted octanol–water partition coefficient (Wildman–Crippen LogP) is 6.82. The van der Waals surface area contributed by atoms with Crippen LogP contribution in [0.3, 0.4) is 0 Å². The Bertz CT molecular complexity index is 858. The van der Waals surface area contributed by atoms with Gasteiger partial charge in [-0.25, -0.2) is 4.79 Å². The van der Waals surface area contributed by atoms with Gasteiger partial charge in [-0.2, -0.15) is 39.5 Å². The number of halogens is 9. The summed E-state index contributed by atoms with van der Waals surface area (Å²) < 4.78 is 139. The van der Waals surface area contributed by atoms with E-state index >= 15 is 0 Å². The molecule has 0 fully saturated rings. The van der Waals surface area contributed by atoms with E-state index in [0.717, 1.165) is 6.92 Å². The predicted molar refractivity (Wildman–Crippen MR) is 131 cm³/mol. The highest BCUT2D eigenvalue weighted by atomic mass is 19.4. The molecule has 0 amide bonds. The number of esters is 1. The van der Waals surface area contributed by atoms with E-state index in [9.17, 15) is 54.5 Å². The maximum atomic E-state index is 13.7. The topological polar surface area (TPSA) is 85.2 Å². The standard InChI is InChI=1S/C26H41F9O6/c1-10-21(11-2,40-16(7)20(9,37)24(27,28)29)18(14-39-19(36)15(5)6)22(12-3,13-4)41-17(8)23(38,25(30,31)32)26(33,34)35/h16-18,37-38H,5,10-14H2,1-4,6-9H3. The van der Waals surface area contributed by atoms with Crippen molar-refractivity contribution in [3.63, 3.8) is 0 Å². The molecular formula is C26H41F9O6. The second kappa shape index (κ2) is 13.4. The van der Waals surface area contributed by atoms with Gasteiger partial charge in [0.2, 0.25) is 0 Å². The van der Waals surface area contributed by atoms with Crippen LogP contribution in [-0.2, 0) is 19.0 Å². The molecule has 15 heteroatoms. The van der Waals surface area contributed by atoms with E-state index < -0.39 is 71.6 Å². The normalized spacial score (nSPS) is 17.9. The molecule has 6 nitrogen and oxygen atoms in total. The van der Waals surface area contributed by atoms with Gasteiger partial charge in [0.15, 0.2) is 5.60 Å². The van der Waals surface area contributed by atoms with Crippen LogP contribution in [0.2, 0.25) is 0 Å². The van der Waals surface area contributed by atoms with Crippen LogP contribution in [0, 0.1) is 5.92 Å². The quantitative estimate of drug-likeness (QED) is 0.119. The number of aliphatic hydroxyl groups is 2. The van der Waals surface area contributed by atoms with Gasteiger partial charge in [-0.1, -0.05) is 34.3 Å². The number of alkyl halides is 9. The van der Waals surface area contributed by atoms with Gasteiger partial charge in [-0.15, -0.1) is 0 Å². The Kier molecular flexibility index (Phi) is 12.9. The third kappa shape index (κ3) is 7.88. The van der Waals surface area contributed by atoms with E-state index in [1.54, 1.807) is 0 Å². The van der Waals surface area contributed by atoms with Crippen LogP contribution in [0.1, 0.15) is 81.1 Å². The van der Waals surface area contributed by atoms with Gasteiger partial charge < -0.3 is 24.4 Å². The molecule has 0 aliphatic rings. The van der Waals surface area contributed by atoms with E-state index in [4.69, 9.17) is 14.2 Å². The molecule has 0 aliphatic heterocycles. The first-order chi connectivity index (χ1) is 18.2. The smallest absolute Gasteiger partial charge is 0.428 e. The van der Waals surface area contributed by atoms with Crippen molar-refractivity contribution in [1.29, 1.82) is 0 Å². The molecule has 0 aromatic heterocycles. The van der Waals surface area contributed by atoms with Crippen molar-refractivity contribution in [2.75, 3.05) is 6.61 Å². The molecule has 0 heterocycles. The first-order valence-corrected chi connectivity index (χ1v) is 13.0. The van der Waals surface area contributed by atoms with Gasteiger partial charge in [-0.3, -0.25) is 0 Å². The Morgan fingerprint density at radius 2 is 1.07 bits per heavy atom. The molecule has 4 atom stereocenters. The Hall–Kier alpha value is -1.58. The van der Waals surface area contributed by atoms with Crippen LogP contribution >= 0.6 is 0 Å². The lowest BCUT2D eigenvalue weighted by atomic mass is 9.69. The van der Waals surface area contributed by atoms with E-state index in [1.807, 2.05) is 0 Å². The largest absolute Gasteiger partial charge is 0.462 e. The number of rotatable bonds is 15. The average Bonchev–Trinajstić information content (AvgIpc) is 2.83. The molecule has 0 aromatic rings. The number of hydrogen-bond acceptors (Lipinski definition) is 6. The van der Waals surface area contributed by atoms with Gasteiger partial charge in [0.1, 0.15) is 6.10 Å². The zero-order valence-corrected chi connectivity index (χ0v) is 24.4. The summed E-state index contributed by atoms with van der Waals surface area (Å²) >= 11 is 0. The Morgan fingerprint density at radius 3 is 1.34 bits per heavy atom. The van der Waals surface area contributed by atoms with Crippen LogP contribution in [0.15, 0.2) is 12.2 Å². The van der Waals surface area contributed by atoms with Gasteiger partial charge >= 0.3 is 24.5 Å². The number of carbonyl (C=O) groups is 1. The minimum absolute atomic E-state index is 0.118. The zero-order valence-electron chi connectivity index (χ0n) is 24.4. The minimum Gasteiger partial charge on any atom is -0.462 e. The lowest BCUT2D eigenvalue weighted by Crippen LogP contribution is -2.67. The van der Waals surface area contributed by atoms with Crippen molar-refractivity contribution < 1.29 is 68.7 Å². The van der Waals surface area contributed by atoms with Crippen molar-refractivity contribution in [3.05, 3.63) is 12.2 Å². The fourth-order valence-electron chi connectivity index (χ4n) is 4.80. The third-order valence-corrected chi connectivity index (χ3v) is 8.03. The Morgan fingerprint density at radius 1 is 0.732 bits per heavy atom. The van der Waals surface area contributed by atoms with Gasteiger partial charge in [0.05, 0.1) is 29.8 Å². The Balaban J connectivity index is 7.27. The van der Waals surface area contributed by atoms with Crippen LogP contribution in [-0.4, -0.2) is 75.9 Å². The first-order valence-electron chi connectivity index (χ1n) is 13.0. The lowest BCUT2D eigenvalue weighted by Gasteiger charge is -2.53. The summed E-state index contributed by atoms with van der Waals surface area (Å²) in [5, 5.41) is 20.2. The number of hydrogen-bond donors (Lipinski definition) is 2. The molecule has 0 radical (unpaired) electrons. The third-order valence-electron chi connectivity index (χ3n) is 8.03. The average molecular weight is 621 g/mol. The van der Waals surface area contributed by atoms with E-state index in [2.05, 4.69) is 6.58 Å². The summed E-state index contributed by atoms with van der Waals surface area (Å²) in [6.45, 7) is 11.2. The van der Waals surface area contributed by atoms with Crippen LogP contribution in [0.5, 0.6) is 0 Å². The molecule has 0 aliphatic carbocycles. The molecule has 0 saturated heterocycles. The molecule has 244 valence electrons. The molecule has 0 spiro atoms. The van der Waals surface area contributed by atoms with Gasteiger partial charge in [-0.05, 0) is 53.4 Å². The minimum atomic E-state index is -6.23. The summed E-state index contributed by atoms with van der Waals surface area (Å²) in [5.41, 5.74) is -12.8. The molecule has 0 saturated carbocycles. The number of carbonyl (C=O) groups excluding carboxylic acids is 1. The molecule has 41 heavy (non-hydrogen) atoms. The highest BCUT2D eigenvalue weighted by molar-refractivity contribution is 5.86. The number of ether oxygens (including phenoxy) is 3. The molecule has 0 rings (SSSR count). The highest BCUT2D eigenvalue weighted by Crippen LogP contribution is 2.51. The molecular weight excluding hydrogens is 579 g/mol. The van der Waals surface area contributed by atoms with E-state index in [1.165, 1.54) is 34.6 Å². The maximum Gasteiger partial charge on any atom is 0.428 e. The van der Waals surface area contributed by atoms with Crippen molar-refractivity contribution in [2.24, 2.45) is 5.92 Å². The molecule has 2 N–H and O–H groups in total. The summed E-state index contributed by atoms with van der Waals surface area (Å²) in [7, 11) is 0. The summed E-state index contributed by atoms with van der Waals surface area (Å²) in [4.78, 5) is 12.3. The monoisotopic (exact) mass is 620 g/mol. The van der Waals surface area contributed by atoms with E-state index in [-0.39, 0.29) is 31.3 Å². The summed E-state index contributed by atoms with van der Waals surface area (Å²) in [5.74, 6) is -2.49. The van der Waals surface area contributed by atoms with Crippen molar-refractivity contribution in [3.8, 4) is 0 Å². The fourth-order valence-corrected chi connectivity index (χ4v) is 4.80. The molecule has 0 aromatic carbocycles. The molecule has 0 bridgehead atoms. The Labute approximate surface area is 234 Å². The van der Waals surface area contributed by atoms with Crippen LogP contribution in [0.25, 0.3) is 0 Å². The second-order valence-corrected chi connectivity index (χ2v) is 10.4. The first kappa shape index (κ1) is 39.4. The molecule has 4 unspecified atom stereocenters. The van der Waals surface area contributed by atoms with Crippen molar-refractivity contribution in [1.82, 2.24) is 0 Å². The summed E-state index contributed by atoms with van der Waals surface area (Å²) in [6, 6.07) is 0. The van der Waals surface area contributed by atoms with E-state index in [0.29, 0.717) is 13.8 Å². The van der Waals surface area contributed by atoms with Crippen molar-refractivity contribution >= 4 is 5.97 Å². The van der Waals surface area contributed by atoms with Gasteiger partial charge in [0.25, 0.3) is 5.60 Å². The second-order valence-electron chi connectivity index (χ2n) is 10.4. The zero-order chi connectivity index (χ0) is 33.0. The maximum absolute atomic E-state index is 13.7. The highest BCUT2D eigenvalue weighted by Gasteiger charge is 2.74. The van der Waals surface area contributed by atoms with Gasteiger partial charge in [0, 0.05) is 5.57 Å².